The van der Waals surface area contributed by atoms with Crippen LogP contribution in [-0.4, -0.2) is 5.91 Å². The SMILES string of the molecule is O=C1Nc2ccccc2O/C1=C/c1ccsc1. The third-order valence-corrected chi connectivity index (χ3v) is 3.12. The van der Waals surface area contributed by atoms with Crippen molar-refractivity contribution in [3.05, 3.63) is 52.4 Å². The minimum Gasteiger partial charge on any atom is -0.449 e. The number of carbonyl (C=O) groups is 1. The van der Waals surface area contributed by atoms with Crippen molar-refractivity contribution in [2.45, 2.75) is 0 Å². The van der Waals surface area contributed by atoms with E-state index in [2.05, 4.69) is 5.32 Å². The Labute approximate surface area is 102 Å². The van der Waals surface area contributed by atoms with Crippen LogP contribution in [0, 0.1) is 0 Å². The van der Waals surface area contributed by atoms with E-state index in [4.69, 9.17) is 4.74 Å². The molecule has 0 aliphatic carbocycles. The summed E-state index contributed by atoms with van der Waals surface area (Å²) in [5.41, 5.74) is 1.68. The molecule has 1 aromatic heterocycles. The monoisotopic (exact) mass is 243 g/mol. The number of amides is 1. The lowest BCUT2D eigenvalue weighted by molar-refractivity contribution is -0.115. The van der Waals surface area contributed by atoms with Gasteiger partial charge in [0.05, 0.1) is 5.69 Å². The van der Waals surface area contributed by atoms with Gasteiger partial charge in [0, 0.05) is 0 Å². The molecule has 0 atom stereocenters. The summed E-state index contributed by atoms with van der Waals surface area (Å²) < 4.78 is 5.57. The molecule has 4 heteroatoms. The van der Waals surface area contributed by atoms with Crippen LogP contribution in [0.15, 0.2) is 46.9 Å². The summed E-state index contributed by atoms with van der Waals surface area (Å²) in [5.74, 6) is 0.783. The molecule has 84 valence electrons. The van der Waals surface area contributed by atoms with Gasteiger partial charge in [-0.15, -0.1) is 0 Å². The first kappa shape index (κ1) is 10.1. The zero-order chi connectivity index (χ0) is 11.7. The maximum atomic E-state index is 11.8. The van der Waals surface area contributed by atoms with Gasteiger partial charge in [-0.1, -0.05) is 12.1 Å². The second-order valence-electron chi connectivity index (χ2n) is 3.62. The second-order valence-corrected chi connectivity index (χ2v) is 4.40. The first-order chi connectivity index (χ1) is 8.33. The smallest absolute Gasteiger partial charge is 0.291 e. The lowest BCUT2D eigenvalue weighted by Gasteiger charge is -2.19. The molecule has 3 rings (SSSR count). The summed E-state index contributed by atoms with van der Waals surface area (Å²) >= 11 is 1.58. The van der Waals surface area contributed by atoms with Crippen LogP contribution in [-0.2, 0) is 4.79 Å². The van der Waals surface area contributed by atoms with E-state index in [1.165, 1.54) is 0 Å². The van der Waals surface area contributed by atoms with Crippen LogP contribution in [0.25, 0.3) is 6.08 Å². The minimum atomic E-state index is -0.213. The highest BCUT2D eigenvalue weighted by atomic mass is 32.1. The summed E-state index contributed by atoms with van der Waals surface area (Å²) in [7, 11) is 0. The average Bonchev–Trinajstić information content (AvgIpc) is 2.83. The zero-order valence-corrected chi connectivity index (χ0v) is 9.66. The molecule has 1 aromatic carbocycles. The van der Waals surface area contributed by atoms with Crippen molar-refractivity contribution in [1.82, 2.24) is 0 Å². The van der Waals surface area contributed by atoms with Crippen molar-refractivity contribution < 1.29 is 9.53 Å². The van der Waals surface area contributed by atoms with E-state index in [9.17, 15) is 4.79 Å². The Hall–Kier alpha value is -2.07. The number of fused-ring (bicyclic) bond motifs is 1. The van der Waals surface area contributed by atoms with Crippen LogP contribution < -0.4 is 10.1 Å². The highest BCUT2D eigenvalue weighted by Crippen LogP contribution is 2.30. The largest absolute Gasteiger partial charge is 0.449 e. The summed E-state index contributed by atoms with van der Waals surface area (Å²) in [6.07, 6.45) is 1.74. The second kappa shape index (κ2) is 4.07. The molecule has 1 amide bonds. The Balaban J connectivity index is 1.97. The van der Waals surface area contributed by atoms with Crippen LogP contribution in [0.1, 0.15) is 5.56 Å². The van der Waals surface area contributed by atoms with Crippen molar-refractivity contribution in [2.24, 2.45) is 0 Å². The van der Waals surface area contributed by atoms with Gasteiger partial charge in [-0.2, -0.15) is 11.3 Å². The fourth-order valence-electron chi connectivity index (χ4n) is 1.61. The lowest BCUT2D eigenvalue weighted by atomic mass is 10.2. The Bertz CT molecular complexity index is 587. The van der Waals surface area contributed by atoms with Gasteiger partial charge in [-0.05, 0) is 40.6 Å². The van der Waals surface area contributed by atoms with Crippen LogP contribution in [0.2, 0.25) is 0 Å². The standard InChI is InChI=1S/C13H9NO2S/c15-13-12(7-9-5-6-17-8-9)16-11-4-2-1-3-10(11)14-13/h1-8H,(H,14,15)/b12-7+. The van der Waals surface area contributed by atoms with E-state index in [1.807, 2.05) is 41.1 Å². The first-order valence-corrected chi connectivity index (χ1v) is 6.09. The highest BCUT2D eigenvalue weighted by Gasteiger charge is 2.21. The van der Waals surface area contributed by atoms with E-state index in [0.29, 0.717) is 17.2 Å². The van der Waals surface area contributed by atoms with E-state index in [-0.39, 0.29) is 5.91 Å². The van der Waals surface area contributed by atoms with Crippen LogP contribution >= 0.6 is 11.3 Å². The molecular weight excluding hydrogens is 234 g/mol. The molecule has 1 aliphatic heterocycles. The quantitative estimate of drug-likeness (QED) is 0.781. The van der Waals surface area contributed by atoms with Gasteiger partial charge in [-0.25, -0.2) is 0 Å². The molecule has 0 fully saturated rings. The number of ether oxygens (including phenoxy) is 1. The average molecular weight is 243 g/mol. The summed E-state index contributed by atoms with van der Waals surface area (Å²) in [6.45, 7) is 0. The van der Waals surface area contributed by atoms with E-state index >= 15 is 0 Å². The molecule has 0 radical (unpaired) electrons. The summed E-state index contributed by atoms with van der Waals surface area (Å²) in [4.78, 5) is 11.8. The topological polar surface area (TPSA) is 38.3 Å². The van der Waals surface area contributed by atoms with Crippen molar-refractivity contribution in [3.63, 3.8) is 0 Å². The maximum absolute atomic E-state index is 11.8. The number of hydrogen-bond donors (Lipinski definition) is 1. The molecule has 1 aliphatic rings. The molecular formula is C13H9NO2S. The van der Waals surface area contributed by atoms with E-state index < -0.39 is 0 Å². The Kier molecular flexibility index (Phi) is 2.42. The minimum absolute atomic E-state index is 0.213. The molecule has 17 heavy (non-hydrogen) atoms. The van der Waals surface area contributed by atoms with Gasteiger partial charge in [0.25, 0.3) is 5.91 Å². The molecule has 2 aromatic rings. The third-order valence-electron chi connectivity index (χ3n) is 2.42. The van der Waals surface area contributed by atoms with Gasteiger partial charge in [0.2, 0.25) is 0 Å². The number of para-hydroxylation sites is 2. The number of hydrogen-bond acceptors (Lipinski definition) is 3. The number of benzene rings is 1. The normalized spacial score (nSPS) is 16.2. The Morgan fingerprint density at radius 3 is 2.94 bits per heavy atom. The number of thiophene rings is 1. The third kappa shape index (κ3) is 1.94. The van der Waals surface area contributed by atoms with Crippen LogP contribution in [0.3, 0.4) is 0 Å². The number of nitrogens with one attached hydrogen (secondary N) is 1. The van der Waals surface area contributed by atoms with E-state index in [1.54, 1.807) is 17.4 Å². The van der Waals surface area contributed by atoms with Gasteiger partial charge < -0.3 is 10.1 Å². The van der Waals surface area contributed by atoms with Gasteiger partial charge in [-0.3, -0.25) is 4.79 Å². The molecule has 1 N–H and O–H groups in total. The molecule has 3 nitrogen and oxygen atoms in total. The molecule has 0 bridgehead atoms. The summed E-state index contributed by atoms with van der Waals surface area (Å²) in [5, 5.41) is 6.72. The molecule has 0 saturated carbocycles. The predicted molar refractivity (Wildman–Crippen MR) is 68.0 cm³/mol. The van der Waals surface area contributed by atoms with Gasteiger partial charge in [0.1, 0.15) is 0 Å². The van der Waals surface area contributed by atoms with Crippen molar-refractivity contribution in [3.8, 4) is 5.75 Å². The van der Waals surface area contributed by atoms with E-state index in [0.717, 1.165) is 5.56 Å². The van der Waals surface area contributed by atoms with Gasteiger partial charge in [0.15, 0.2) is 11.5 Å². The Morgan fingerprint density at radius 1 is 1.24 bits per heavy atom. The van der Waals surface area contributed by atoms with Crippen LogP contribution in [0.4, 0.5) is 5.69 Å². The highest BCUT2D eigenvalue weighted by molar-refractivity contribution is 7.08. The molecule has 0 unspecified atom stereocenters. The van der Waals surface area contributed by atoms with Crippen molar-refractivity contribution in [1.29, 1.82) is 0 Å². The van der Waals surface area contributed by atoms with Crippen molar-refractivity contribution in [2.75, 3.05) is 5.32 Å². The van der Waals surface area contributed by atoms with Crippen molar-refractivity contribution >= 4 is 29.0 Å². The summed E-state index contributed by atoms with van der Waals surface area (Å²) in [6, 6.07) is 9.31. The fourth-order valence-corrected chi connectivity index (χ4v) is 2.23. The maximum Gasteiger partial charge on any atom is 0.291 e. The number of rotatable bonds is 1. The number of anilines is 1. The molecule has 0 spiro atoms. The predicted octanol–water partition coefficient (Wildman–Crippen LogP) is 3.12. The number of carbonyl (C=O) groups excluding carboxylic acids is 1. The lowest BCUT2D eigenvalue weighted by Crippen LogP contribution is -2.23. The fraction of sp³-hybridized carbons (Fsp3) is 0. The molecule has 2 heterocycles. The Morgan fingerprint density at radius 2 is 2.12 bits per heavy atom. The molecule has 0 saturated heterocycles. The zero-order valence-electron chi connectivity index (χ0n) is 8.84. The first-order valence-electron chi connectivity index (χ1n) is 5.15. The van der Waals surface area contributed by atoms with Crippen LogP contribution in [0.5, 0.6) is 5.75 Å². The van der Waals surface area contributed by atoms with Gasteiger partial charge >= 0.3 is 0 Å².